The number of hydrogen-bond donors (Lipinski definition) is 1. The summed E-state index contributed by atoms with van der Waals surface area (Å²) < 4.78 is 24.2. The Morgan fingerprint density at radius 3 is 2.25 bits per heavy atom. The van der Waals surface area contributed by atoms with Gasteiger partial charge in [-0.3, -0.25) is 0 Å². The summed E-state index contributed by atoms with van der Waals surface area (Å²) in [6.07, 6.45) is 0. The fraction of sp³-hybridized carbons (Fsp3) is 0.100. The van der Waals surface area contributed by atoms with Gasteiger partial charge in [0.15, 0.2) is 9.84 Å². The van der Waals surface area contributed by atoms with Crippen molar-refractivity contribution in [1.29, 1.82) is 0 Å². The van der Waals surface area contributed by atoms with Crippen LogP contribution in [0.15, 0.2) is 45.8 Å². The van der Waals surface area contributed by atoms with Crippen LogP contribution in [0.25, 0.3) is 0 Å². The molecule has 0 radical (unpaired) electrons. The molecule has 1 aromatic carbocycles. The van der Waals surface area contributed by atoms with E-state index in [1.807, 2.05) is 0 Å². The zero-order valence-electron chi connectivity index (χ0n) is 8.18. The molecular formula is C10H9BrO4S. The molecule has 0 aromatic heterocycles. The number of sulfone groups is 1. The SMILES string of the molecule is C=C(CS(=O)(=O)c1ccc(Br)cc1)C(=O)O. The molecule has 86 valence electrons. The fourth-order valence-electron chi connectivity index (χ4n) is 1.02. The zero-order valence-corrected chi connectivity index (χ0v) is 10.6. The second-order valence-corrected chi connectivity index (χ2v) is 6.03. The highest BCUT2D eigenvalue weighted by Gasteiger charge is 2.18. The van der Waals surface area contributed by atoms with Crippen molar-refractivity contribution in [3.8, 4) is 0 Å². The summed E-state index contributed by atoms with van der Waals surface area (Å²) in [5, 5.41) is 8.56. The number of hydrogen-bond acceptors (Lipinski definition) is 3. The highest BCUT2D eigenvalue weighted by Crippen LogP contribution is 2.17. The normalized spacial score (nSPS) is 11.1. The van der Waals surface area contributed by atoms with Crippen LogP contribution < -0.4 is 0 Å². The second-order valence-electron chi connectivity index (χ2n) is 3.12. The smallest absolute Gasteiger partial charge is 0.332 e. The average molecular weight is 305 g/mol. The Bertz CT molecular complexity index is 516. The molecule has 0 saturated heterocycles. The first kappa shape index (κ1) is 12.9. The first-order valence-electron chi connectivity index (χ1n) is 4.22. The van der Waals surface area contributed by atoms with Crippen LogP contribution in [-0.2, 0) is 14.6 Å². The van der Waals surface area contributed by atoms with Crippen LogP contribution in [0, 0.1) is 0 Å². The maximum atomic E-state index is 11.7. The summed E-state index contributed by atoms with van der Waals surface area (Å²) in [7, 11) is -3.62. The molecule has 1 N–H and O–H groups in total. The predicted octanol–water partition coefficient (Wildman–Crippen LogP) is 1.86. The first-order chi connectivity index (χ1) is 7.33. The van der Waals surface area contributed by atoms with Gasteiger partial charge in [-0.05, 0) is 24.3 Å². The third kappa shape index (κ3) is 3.18. The van der Waals surface area contributed by atoms with E-state index < -0.39 is 21.6 Å². The maximum Gasteiger partial charge on any atom is 0.332 e. The Hall–Kier alpha value is -1.14. The van der Waals surface area contributed by atoms with Crippen molar-refractivity contribution in [2.75, 3.05) is 5.75 Å². The van der Waals surface area contributed by atoms with Crippen LogP contribution in [0.1, 0.15) is 0 Å². The van der Waals surface area contributed by atoms with E-state index in [2.05, 4.69) is 22.5 Å². The Morgan fingerprint density at radius 1 is 1.31 bits per heavy atom. The van der Waals surface area contributed by atoms with Crippen LogP contribution in [-0.4, -0.2) is 25.2 Å². The Labute approximate surface area is 102 Å². The zero-order chi connectivity index (χ0) is 12.3. The monoisotopic (exact) mass is 304 g/mol. The largest absolute Gasteiger partial charge is 0.478 e. The molecular weight excluding hydrogens is 296 g/mol. The molecule has 0 unspecified atom stereocenters. The van der Waals surface area contributed by atoms with Crippen molar-refractivity contribution in [2.45, 2.75) is 4.90 Å². The molecule has 1 aromatic rings. The maximum absolute atomic E-state index is 11.7. The second kappa shape index (κ2) is 4.80. The molecule has 0 atom stereocenters. The van der Waals surface area contributed by atoms with E-state index in [1.165, 1.54) is 12.1 Å². The molecule has 16 heavy (non-hydrogen) atoms. The molecule has 0 aliphatic rings. The number of benzene rings is 1. The van der Waals surface area contributed by atoms with Crippen LogP contribution in [0.5, 0.6) is 0 Å². The van der Waals surface area contributed by atoms with E-state index in [-0.39, 0.29) is 10.5 Å². The van der Waals surface area contributed by atoms with Crippen molar-refractivity contribution in [3.05, 3.63) is 40.9 Å². The van der Waals surface area contributed by atoms with Crippen molar-refractivity contribution >= 4 is 31.7 Å². The molecule has 0 aliphatic carbocycles. The van der Waals surface area contributed by atoms with Crippen LogP contribution in [0.4, 0.5) is 0 Å². The van der Waals surface area contributed by atoms with E-state index >= 15 is 0 Å². The van der Waals surface area contributed by atoms with Gasteiger partial charge < -0.3 is 5.11 Å². The Kier molecular flexibility index (Phi) is 3.88. The van der Waals surface area contributed by atoms with E-state index in [4.69, 9.17) is 5.11 Å². The van der Waals surface area contributed by atoms with E-state index in [0.717, 1.165) is 4.47 Å². The first-order valence-corrected chi connectivity index (χ1v) is 6.67. The van der Waals surface area contributed by atoms with Gasteiger partial charge in [-0.25, -0.2) is 13.2 Å². The van der Waals surface area contributed by atoms with Gasteiger partial charge in [-0.2, -0.15) is 0 Å². The highest BCUT2D eigenvalue weighted by molar-refractivity contribution is 9.10. The van der Waals surface area contributed by atoms with Crippen LogP contribution >= 0.6 is 15.9 Å². The molecule has 1 rings (SSSR count). The minimum Gasteiger partial charge on any atom is -0.478 e. The van der Waals surface area contributed by atoms with E-state index in [1.54, 1.807) is 12.1 Å². The number of halogens is 1. The lowest BCUT2D eigenvalue weighted by molar-refractivity contribution is -0.132. The van der Waals surface area contributed by atoms with Crippen molar-refractivity contribution in [3.63, 3.8) is 0 Å². The third-order valence-electron chi connectivity index (χ3n) is 1.84. The quantitative estimate of drug-likeness (QED) is 0.862. The minimum absolute atomic E-state index is 0.0816. The molecule has 0 saturated carbocycles. The summed E-state index contributed by atoms with van der Waals surface area (Å²) in [6.45, 7) is 3.19. The van der Waals surface area contributed by atoms with Crippen LogP contribution in [0.3, 0.4) is 0 Å². The molecule has 6 heteroatoms. The van der Waals surface area contributed by atoms with Gasteiger partial charge in [0.25, 0.3) is 0 Å². The lowest BCUT2D eigenvalue weighted by Gasteiger charge is -2.04. The predicted molar refractivity (Wildman–Crippen MR) is 63.0 cm³/mol. The van der Waals surface area contributed by atoms with Gasteiger partial charge in [-0.15, -0.1) is 0 Å². The van der Waals surface area contributed by atoms with Crippen molar-refractivity contribution < 1.29 is 18.3 Å². The summed E-state index contributed by atoms with van der Waals surface area (Å²) >= 11 is 3.18. The molecule has 0 bridgehead atoms. The fourth-order valence-corrected chi connectivity index (χ4v) is 2.58. The third-order valence-corrected chi connectivity index (χ3v) is 4.09. The lowest BCUT2D eigenvalue weighted by Crippen LogP contribution is -2.13. The number of carboxylic acid groups (broad SMARTS) is 1. The van der Waals surface area contributed by atoms with Gasteiger partial charge in [0.2, 0.25) is 0 Å². The molecule has 4 nitrogen and oxygen atoms in total. The van der Waals surface area contributed by atoms with E-state index in [0.29, 0.717) is 0 Å². The van der Waals surface area contributed by atoms with Crippen molar-refractivity contribution in [1.82, 2.24) is 0 Å². The van der Waals surface area contributed by atoms with Gasteiger partial charge in [0, 0.05) is 10.0 Å². The summed E-state index contributed by atoms with van der Waals surface area (Å²) in [5.41, 5.74) is -0.345. The molecule has 0 fully saturated rings. The highest BCUT2D eigenvalue weighted by atomic mass is 79.9. The summed E-state index contributed by atoms with van der Waals surface area (Å²) in [6, 6.07) is 5.98. The number of aliphatic carboxylic acids is 1. The minimum atomic E-state index is -3.62. The molecule has 0 heterocycles. The van der Waals surface area contributed by atoms with Gasteiger partial charge in [-0.1, -0.05) is 22.5 Å². The molecule has 0 spiro atoms. The van der Waals surface area contributed by atoms with E-state index in [9.17, 15) is 13.2 Å². The number of rotatable bonds is 4. The number of carboxylic acids is 1. The number of carbonyl (C=O) groups is 1. The molecule has 0 amide bonds. The summed E-state index contributed by atoms with van der Waals surface area (Å²) in [5.74, 6) is -1.88. The van der Waals surface area contributed by atoms with Gasteiger partial charge >= 0.3 is 5.97 Å². The van der Waals surface area contributed by atoms with Crippen LogP contribution in [0.2, 0.25) is 0 Å². The van der Waals surface area contributed by atoms with Gasteiger partial charge in [0.1, 0.15) is 0 Å². The molecule has 0 aliphatic heterocycles. The van der Waals surface area contributed by atoms with Gasteiger partial charge in [0.05, 0.1) is 10.6 Å². The Morgan fingerprint density at radius 2 is 1.81 bits per heavy atom. The van der Waals surface area contributed by atoms with Crippen molar-refractivity contribution in [2.24, 2.45) is 0 Å². The lowest BCUT2D eigenvalue weighted by atomic mass is 10.4. The standard InChI is InChI=1S/C10H9BrO4S/c1-7(10(12)13)6-16(14,15)9-4-2-8(11)3-5-9/h2-5H,1,6H2,(H,12,13). The average Bonchev–Trinajstić information content (AvgIpc) is 2.17. The summed E-state index contributed by atoms with van der Waals surface area (Å²) in [4.78, 5) is 10.6. The Balaban J connectivity index is 2.99. The topological polar surface area (TPSA) is 71.4 Å².